The van der Waals surface area contributed by atoms with Crippen molar-refractivity contribution in [3.05, 3.63) is 0 Å². The lowest BCUT2D eigenvalue weighted by Gasteiger charge is -2.39. The van der Waals surface area contributed by atoms with Crippen LogP contribution in [0.15, 0.2) is 0 Å². The Hall–Kier alpha value is -1.30. The molecule has 0 bridgehead atoms. The molecule has 10 heteroatoms. The second-order valence-corrected chi connectivity index (χ2v) is 18.3. The van der Waals surface area contributed by atoms with Crippen molar-refractivity contribution in [3.63, 3.8) is 0 Å². The first-order valence-electron chi connectivity index (χ1n) is 26.1. The summed E-state index contributed by atoms with van der Waals surface area (Å²) in [6.07, 6.45) is 38.2. The van der Waals surface area contributed by atoms with Crippen LogP contribution < -0.4 is 0 Å². The first kappa shape index (κ1) is 57.7. The first-order chi connectivity index (χ1) is 29.8. The van der Waals surface area contributed by atoms with Gasteiger partial charge in [0.25, 0.3) is 0 Å². The van der Waals surface area contributed by atoms with Crippen LogP contribution in [0.25, 0.3) is 0 Å². The molecule has 61 heavy (non-hydrogen) atoms. The molecule has 6 unspecified atom stereocenters. The molecule has 0 aliphatic carbocycles. The average Bonchev–Trinajstić information content (AvgIpc) is 3.26. The topological polar surface area (TPSA) is 152 Å². The molecule has 1 aliphatic rings. The smallest absolute Gasteiger partial charge is 0.306 e. The van der Waals surface area contributed by atoms with Gasteiger partial charge in [-0.05, 0) is 12.8 Å². The number of unbranched alkanes of at least 4 members (excludes halogenated alkanes) is 34. The van der Waals surface area contributed by atoms with Gasteiger partial charge in [-0.2, -0.15) is 0 Å². The van der Waals surface area contributed by atoms with Gasteiger partial charge in [-0.1, -0.05) is 232 Å². The zero-order chi connectivity index (χ0) is 44.4. The maximum atomic E-state index is 12.8. The molecule has 0 amide bonds. The van der Waals surface area contributed by atoms with E-state index in [4.69, 9.17) is 18.9 Å². The van der Waals surface area contributed by atoms with Crippen molar-refractivity contribution in [1.82, 2.24) is 0 Å². The van der Waals surface area contributed by atoms with E-state index in [9.17, 15) is 30.0 Å². The van der Waals surface area contributed by atoms with E-state index in [0.717, 1.165) is 38.5 Å². The van der Waals surface area contributed by atoms with Crippen LogP contribution in [0.2, 0.25) is 0 Å². The Kier molecular flexibility index (Phi) is 40.3. The molecule has 362 valence electrons. The van der Waals surface area contributed by atoms with Gasteiger partial charge in [0.1, 0.15) is 31.0 Å². The molecule has 0 spiro atoms. The Morgan fingerprint density at radius 2 is 0.770 bits per heavy atom. The van der Waals surface area contributed by atoms with Crippen molar-refractivity contribution in [2.24, 2.45) is 0 Å². The van der Waals surface area contributed by atoms with Gasteiger partial charge < -0.3 is 39.4 Å². The van der Waals surface area contributed by atoms with Crippen molar-refractivity contribution >= 4 is 11.9 Å². The summed E-state index contributed by atoms with van der Waals surface area (Å²) in [6.45, 7) is 3.48. The van der Waals surface area contributed by atoms with E-state index in [1.54, 1.807) is 0 Å². The Balaban J connectivity index is 2.23. The predicted octanol–water partition coefficient (Wildman–Crippen LogP) is 12.1. The predicted molar refractivity (Wildman–Crippen MR) is 247 cm³/mol. The summed E-state index contributed by atoms with van der Waals surface area (Å²) in [5, 5.41) is 40.2. The molecular formula is C51H98O10. The Morgan fingerprint density at radius 3 is 1.11 bits per heavy atom. The molecule has 6 atom stereocenters. The van der Waals surface area contributed by atoms with E-state index in [2.05, 4.69) is 13.8 Å². The Bertz CT molecular complexity index is 964. The van der Waals surface area contributed by atoms with Gasteiger partial charge in [0.15, 0.2) is 12.4 Å². The van der Waals surface area contributed by atoms with E-state index in [1.807, 2.05) is 0 Å². The third kappa shape index (κ3) is 33.8. The summed E-state index contributed by atoms with van der Waals surface area (Å²) in [6, 6.07) is 0. The van der Waals surface area contributed by atoms with Gasteiger partial charge >= 0.3 is 11.9 Å². The highest BCUT2D eigenvalue weighted by molar-refractivity contribution is 5.70. The van der Waals surface area contributed by atoms with Crippen molar-refractivity contribution < 1.29 is 49.0 Å². The van der Waals surface area contributed by atoms with Crippen LogP contribution in [-0.2, 0) is 28.5 Å². The lowest BCUT2D eigenvalue weighted by molar-refractivity contribution is -0.305. The minimum absolute atomic E-state index is 0.208. The van der Waals surface area contributed by atoms with Crippen molar-refractivity contribution in [1.29, 1.82) is 0 Å². The first-order valence-corrected chi connectivity index (χ1v) is 26.1. The monoisotopic (exact) mass is 871 g/mol. The minimum atomic E-state index is -1.59. The van der Waals surface area contributed by atoms with Gasteiger partial charge in [0.05, 0.1) is 13.2 Å². The van der Waals surface area contributed by atoms with Crippen molar-refractivity contribution in [3.8, 4) is 0 Å². The fourth-order valence-electron chi connectivity index (χ4n) is 8.37. The quantitative estimate of drug-likeness (QED) is 0.0344. The Morgan fingerprint density at radius 1 is 0.443 bits per heavy atom. The third-order valence-electron chi connectivity index (χ3n) is 12.5. The maximum absolute atomic E-state index is 12.8. The van der Waals surface area contributed by atoms with Gasteiger partial charge in [0, 0.05) is 12.8 Å². The standard InChI is InChI=1S/C51H98O10/c1-3-5-7-9-11-13-15-17-19-21-22-24-26-28-30-32-34-36-38-40-47(54)60-44(43-59-51-50(57)49(56)48(55)45(41-52)61-51)42-58-46(53)39-37-35-33-31-29-27-25-23-20-18-16-14-12-10-8-6-4-2/h44-45,48-52,55-57H,3-43H2,1-2H3. The number of carbonyl (C=O) groups is 2. The number of hydrogen-bond donors (Lipinski definition) is 4. The zero-order valence-electron chi connectivity index (χ0n) is 39.7. The van der Waals surface area contributed by atoms with Crippen LogP contribution in [0.1, 0.15) is 258 Å². The number of hydrogen-bond acceptors (Lipinski definition) is 10. The normalized spacial score (nSPS) is 19.6. The molecule has 4 N–H and O–H groups in total. The summed E-state index contributed by atoms with van der Waals surface area (Å²) < 4.78 is 22.3. The fraction of sp³-hybridized carbons (Fsp3) is 0.961. The largest absolute Gasteiger partial charge is 0.462 e. The number of aliphatic hydroxyl groups is 4. The lowest BCUT2D eigenvalue weighted by Crippen LogP contribution is -2.59. The lowest BCUT2D eigenvalue weighted by atomic mass is 9.99. The molecule has 0 aromatic carbocycles. The number of esters is 2. The van der Waals surface area contributed by atoms with Crippen LogP contribution in [0.5, 0.6) is 0 Å². The maximum Gasteiger partial charge on any atom is 0.306 e. The highest BCUT2D eigenvalue weighted by Gasteiger charge is 2.44. The highest BCUT2D eigenvalue weighted by Crippen LogP contribution is 2.23. The minimum Gasteiger partial charge on any atom is -0.462 e. The van der Waals surface area contributed by atoms with E-state index in [0.29, 0.717) is 6.42 Å². The van der Waals surface area contributed by atoms with Crippen LogP contribution in [0.4, 0.5) is 0 Å². The molecule has 1 rings (SSSR count). The second-order valence-electron chi connectivity index (χ2n) is 18.3. The molecule has 10 nitrogen and oxygen atoms in total. The van der Waals surface area contributed by atoms with Gasteiger partial charge in [-0.25, -0.2) is 0 Å². The number of carbonyl (C=O) groups excluding carboxylic acids is 2. The molecule has 0 saturated carbocycles. The third-order valence-corrected chi connectivity index (χ3v) is 12.5. The fourth-order valence-corrected chi connectivity index (χ4v) is 8.37. The van der Waals surface area contributed by atoms with Gasteiger partial charge in [-0.15, -0.1) is 0 Å². The van der Waals surface area contributed by atoms with E-state index >= 15 is 0 Å². The number of ether oxygens (including phenoxy) is 4. The Labute approximate surface area is 374 Å². The highest BCUT2D eigenvalue weighted by atomic mass is 16.7. The van der Waals surface area contributed by atoms with Crippen LogP contribution in [0.3, 0.4) is 0 Å². The molecule has 1 aliphatic heterocycles. The number of rotatable bonds is 45. The van der Waals surface area contributed by atoms with Crippen molar-refractivity contribution in [2.45, 2.75) is 295 Å². The van der Waals surface area contributed by atoms with Crippen LogP contribution in [-0.4, -0.2) is 89.0 Å². The van der Waals surface area contributed by atoms with Crippen LogP contribution in [0, 0.1) is 0 Å². The molecule has 0 radical (unpaired) electrons. The summed E-state index contributed by atoms with van der Waals surface area (Å²) in [4.78, 5) is 25.4. The van der Waals surface area contributed by atoms with E-state index in [1.165, 1.54) is 186 Å². The summed E-state index contributed by atoms with van der Waals surface area (Å²) >= 11 is 0. The summed E-state index contributed by atoms with van der Waals surface area (Å²) in [5.74, 6) is -0.785. The van der Waals surface area contributed by atoms with Gasteiger partial charge in [0.2, 0.25) is 0 Å². The molecular weight excluding hydrogens is 773 g/mol. The van der Waals surface area contributed by atoms with Gasteiger partial charge in [-0.3, -0.25) is 9.59 Å². The van der Waals surface area contributed by atoms with Crippen LogP contribution >= 0.6 is 0 Å². The molecule has 1 heterocycles. The summed E-state index contributed by atoms with van der Waals surface area (Å²) in [7, 11) is 0. The van der Waals surface area contributed by atoms with E-state index < -0.39 is 49.4 Å². The van der Waals surface area contributed by atoms with E-state index in [-0.39, 0.29) is 32.0 Å². The van der Waals surface area contributed by atoms with Crippen molar-refractivity contribution in [2.75, 3.05) is 19.8 Å². The molecule has 1 fully saturated rings. The zero-order valence-corrected chi connectivity index (χ0v) is 39.7. The average molecular weight is 871 g/mol. The SMILES string of the molecule is CCCCCCCCCCCCCCCCCCCCCC(=O)OC(COC(=O)CCCCCCCCCCCCCCCCCCC)COC1OC(CO)C(O)C(O)C1O. The molecule has 0 aromatic heterocycles. The summed E-state index contributed by atoms with van der Waals surface area (Å²) in [5.41, 5.74) is 0. The molecule has 1 saturated heterocycles. The number of aliphatic hydroxyl groups excluding tert-OH is 4. The second kappa shape index (κ2) is 42.6. The molecule has 0 aromatic rings.